The molecule has 1 saturated heterocycles. The molecule has 140 valence electrons. The van der Waals surface area contributed by atoms with E-state index in [2.05, 4.69) is 6.07 Å². The molecule has 0 bridgehead atoms. The average molecular weight is 370 g/mol. The van der Waals surface area contributed by atoms with Crippen LogP contribution in [0.3, 0.4) is 0 Å². The Morgan fingerprint density at radius 1 is 1.19 bits per heavy atom. The minimum absolute atomic E-state index is 0.254. The van der Waals surface area contributed by atoms with E-state index in [0.717, 1.165) is 23.3 Å². The quantitative estimate of drug-likeness (QED) is 0.874. The summed E-state index contributed by atoms with van der Waals surface area (Å²) >= 11 is 0. The fourth-order valence-electron chi connectivity index (χ4n) is 3.39. The molecule has 0 radical (unpaired) electrons. The van der Waals surface area contributed by atoms with Gasteiger partial charge in [-0.3, -0.25) is 4.79 Å². The maximum Gasteiger partial charge on any atom is 0.220 e. The second-order valence-electron chi connectivity index (χ2n) is 6.80. The minimum atomic E-state index is -0.889. The number of nitrogens with zero attached hydrogens (tertiary/aromatic N) is 1. The Hall–Kier alpha value is -2.78. The number of amides is 1. The van der Waals surface area contributed by atoms with Crippen molar-refractivity contribution >= 4 is 5.91 Å². The van der Waals surface area contributed by atoms with Gasteiger partial charge in [-0.1, -0.05) is 30.3 Å². The van der Waals surface area contributed by atoms with Gasteiger partial charge in [0.2, 0.25) is 5.91 Å². The molecule has 27 heavy (non-hydrogen) atoms. The highest BCUT2D eigenvalue weighted by Gasteiger charge is 2.32. The molecule has 1 aliphatic rings. The number of nitriles is 1. The Balaban J connectivity index is 1.70. The fraction of sp³-hybridized carbons (Fsp3) is 0.333. The molecule has 0 aromatic heterocycles. The van der Waals surface area contributed by atoms with Crippen molar-refractivity contribution in [3.05, 3.63) is 59.7 Å². The van der Waals surface area contributed by atoms with Crippen LogP contribution in [-0.2, 0) is 16.0 Å². The second-order valence-corrected chi connectivity index (χ2v) is 6.80. The number of carbonyl (C=O) groups excluding carboxylic acids is 1. The van der Waals surface area contributed by atoms with E-state index >= 15 is 0 Å². The van der Waals surface area contributed by atoms with Gasteiger partial charge in [-0.05, 0) is 48.1 Å². The van der Waals surface area contributed by atoms with E-state index in [1.165, 1.54) is 6.07 Å². The van der Waals surface area contributed by atoms with Crippen molar-refractivity contribution in [3.63, 3.8) is 0 Å². The van der Waals surface area contributed by atoms with Gasteiger partial charge in [-0.25, -0.2) is 8.78 Å². The monoisotopic (exact) mass is 370 g/mol. The van der Waals surface area contributed by atoms with E-state index in [1.807, 2.05) is 24.3 Å². The molecule has 1 fully saturated rings. The number of primary amides is 1. The molecule has 1 heterocycles. The molecule has 3 unspecified atom stereocenters. The van der Waals surface area contributed by atoms with Crippen molar-refractivity contribution in [2.75, 3.05) is 6.61 Å². The molecule has 3 rings (SSSR count). The Bertz CT molecular complexity index is 861. The fourth-order valence-corrected chi connectivity index (χ4v) is 3.39. The van der Waals surface area contributed by atoms with Gasteiger partial charge in [0.15, 0.2) is 11.6 Å². The van der Waals surface area contributed by atoms with Crippen LogP contribution in [0.5, 0.6) is 0 Å². The lowest BCUT2D eigenvalue weighted by Gasteiger charge is -2.30. The van der Waals surface area contributed by atoms with Gasteiger partial charge in [-0.2, -0.15) is 5.26 Å². The molecule has 0 spiro atoms. The summed E-state index contributed by atoms with van der Waals surface area (Å²) in [5, 5.41) is 9.53. The Labute approximate surface area is 156 Å². The van der Waals surface area contributed by atoms with Crippen molar-refractivity contribution in [3.8, 4) is 17.2 Å². The largest absolute Gasteiger partial charge is 0.377 e. The zero-order chi connectivity index (χ0) is 19.4. The van der Waals surface area contributed by atoms with Crippen molar-refractivity contribution in [2.45, 2.75) is 25.4 Å². The van der Waals surface area contributed by atoms with Crippen LogP contribution in [0.25, 0.3) is 11.1 Å². The summed E-state index contributed by atoms with van der Waals surface area (Å²) in [4.78, 5) is 11.4. The molecular weight excluding hydrogens is 350 g/mol. The lowest BCUT2D eigenvalue weighted by molar-refractivity contribution is -0.127. The van der Waals surface area contributed by atoms with E-state index in [4.69, 9.17) is 10.5 Å². The maximum absolute atomic E-state index is 13.4. The Morgan fingerprint density at radius 2 is 1.89 bits per heavy atom. The number of hydrogen-bond donors (Lipinski definition) is 1. The first kappa shape index (κ1) is 19.0. The van der Waals surface area contributed by atoms with Crippen LogP contribution in [0.4, 0.5) is 8.78 Å². The third kappa shape index (κ3) is 4.50. The minimum Gasteiger partial charge on any atom is -0.377 e. The highest BCUT2D eigenvalue weighted by molar-refractivity contribution is 5.76. The van der Waals surface area contributed by atoms with Gasteiger partial charge < -0.3 is 10.5 Å². The number of rotatable bonds is 5. The van der Waals surface area contributed by atoms with E-state index in [0.29, 0.717) is 31.4 Å². The molecule has 2 N–H and O–H groups in total. The van der Waals surface area contributed by atoms with Gasteiger partial charge in [0.1, 0.15) is 0 Å². The third-order valence-electron chi connectivity index (χ3n) is 4.99. The lowest BCUT2D eigenvalue weighted by Crippen LogP contribution is -2.37. The second kappa shape index (κ2) is 8.28. The highest BCUT2D eigenvalue weighted by atomic mass is 19.2. The summed E-state index contributed by atoms with van der Waals surface area (Å²) in [7, 11) is 0. The predicted octanol–water partition coefficient (Wildman–Crippen LogP) is 3.59. The van der Waals surface area contributed by atoms with Gasteiger partial charge in [0.25, 0.3) is 0 Å². The molecular formula is C21H20F2N2O2. The molecule has 2 aromatic rings. The predicted molar refractivity (Wildman–Crippen MR) is 96.3 cm³/mol. The summed E-state index contributed by atoms with van der Waals surface area (Å²) in [5.74, 6) is -2.76. The summed E-state index contributed by atoms with van der Waals surface area (Å²) in [6.45, 7) is 0.422. The number of halogens is 2. The van der Waals surface area contributed by atoms with Gasteiger partial charge in [-0.15, -0.1) is 0 Å². The molecule has 6 heteroatoms. The summed E-state index contributed by atoms with van der Waals surface area (Å²) in [5.41, 5.74) is 7.66. The average Bonchev–Trinajstić information content (AvgIpc) is 2.69. The van der Waals surface area contributed by atoms with Gasteiger partial charge >= 0.3 is 0 Å². The molecule has 1 amide bonds. The number of ether oxygens (including phenoxy) is 1. The van der Waals surface area contributed by atoms with Crippen molar-refractivity contribution in [1.82, 2.24) is 0 Å². The Morgan fingerprint density at radius 3 is 2.52 bits per heavy atom. The maximum atomic E-state index is 13.4. The zero-order valence-electron chi connectivity index (χ0n) is 14.7. The van der Waals surface area contributed by atoms with Crippen LogP contribution in [0.1, 0.15) is 18.4 Å². The topological polar surface area (TPSA) is 76.1 Å². The first-order valence-corrected chi connectivity index (χ1v) is 8.83. The molecule has 0 saturated carbocycles. The SMILES string of the molecule is N#CC(Cc1ccc(-c2ccc(F)c(F)c2)cc1)C1CC(C(N)=O)CCO1. The van der Waals surface area contributed by atoms with E-state index < -0.39 is 11.6 Å². The van der Waals surface area contributed by atoms with E-state index in [1.54, 1.807) is 0 Å². The molecule has 1 aliphatic heterocycles. The van der Waals surface area contributed by atoms with E-state index in [-0.39, 0.29) is 23.8 Å². The first-order valence-electron chi connectivity index (χ1n) is 8.83. The summed E-state index contributed by atoms with van der Waals surface area (Å²) in [6, 6.07) is 13.4. The summed E-state index contributed by atoms with van der Waals surface area (Å²) < 4.78 is 32.2. The van der Waals surface area contributed by atoms with E-state index in [9.17, 15) is 18.8 Å². The van der Waals surface area contributed by atoms with Crippen LogP contribution in [0.2, 0.25) is 0 Å². The number of nitrogens with two attached hydrogens (primary N) is 1. The van der Waals surface area contributed by atoms with Gasteiger partial charge in [0.05, 0.1) is 18.1 Å². The Kier molecular flexibility index (Phi) is 5.82. The molecule has 0 aliphatic carbocycles. The summed E-state index contributed by atoms with van der Waals surface area (Å²) in [6.07, 6.45) is 1.20. The zero-order valence-corrected chi connectivity index (χ0v) is 14.7. The normalized spacial score (nSPS) is 20.6. The first-order chi connectivity index (χ1) is 13.0. The number of benzene rings is 2. The van der Waals surface area contributed by atoms with Crippen LogP contribution >= 0.6 is 0 Å². The van der Waals surface area contributed by atoms with Crippen LogP contribution in [0.15, 0.2) is 42.5 Å². The number of hydrogen-bond acceptors (Lipinski definition) is 3. The molecule has 3 atom stereocenters. The third-order valence-corrected chi connectivity index (χ3v) is 4.99. The molecule has 4 nitrogen and oxygen atoms in total. The van der Waals surface area contributed by atoms with Gasteiger partial charge in [0, 0.05) is 12.5 Å². The molecule has 2 aromatic carbocycles. The lowest BCUT2D eigenvalue weighted by atomic mass is 9.85. The van der Waals surface area contributed by atoms with Crippen molar-refractivity contribution in [1.29, 1.82) is 5.26 Å². The van der Waals surface area contributed by atoms with Crippen LogP contribution in [-0.4, -0.2) is 18.6 Å². The van der Waals surface area contributed by atoms with Crippen molar-refractivity contribution in [2.24, 2.45) is 17.6 Å². The smallest absolute Gasteiger partial charge is 0.220 e. The highest BCUT2D eigenvalue weighted by Crippen LogP contribution is 2.28. The van der Waals surface area contributed by atoms with Crippen LogP contribution < -0.4 is 5.73 Å². The standard InChI is InChI=1S/C21H20F2N2O2/c22-18-6-5-15(10-19(18)23)14-3-1-13(2-4-14)9-17(12-24)20-11-16(21(25)26)7-8-27-20/h1-6,10,16-17,20H,7-9,11H2,(H2,25,26). The number of carbonyl (C=O) groups is 1. The van der Waals surface area contributed by atoms with Crippen LogP contribution in [0, 0.1) is 34.8 Å². The van der Waals surface area contributed by atoms with Crippen molar-refractivity contribution < 1.29 is 18.3 Å².